The Hall–Kier alpha value is -2.69. The molecule has 0 aliphatic heterocycles. The molecule has 0 saturated heterocycles. The van der Waals surface area contributed by atoms with E-state index in [9.17, 15) is 9.59 Å². The Morgan fingerprint density at radius 3 is 2.26 bits per heavy atom. The number of anilines is 1. The summed E-state index contributed by atoms with van der Waals surface area (Å²) in [6.07, 6.45) is 1.50. The summed E-state index contributed by atoms with van der Waals surface area (Å²) in [5.41, 5.74) is 5.23. The highest BCUT2D eigenvalue weighted by Crippen LogP contribution is 2.21. The van der Waals surface area contributed by atoms with Gasteiger partial charge >= 0.3 is 0 Å². The predicted octanol–water partition coefficient (Wildman–Crippen LogP) is 2.68. The molecule has 0 saturated carbocycles. The van der Waals surface area contributed by atoms with Crippen LogP contribution in [0.5, 0.6) is 0 Å². The largest absolute Gasteiger partial charge is 0.343 e. The molecule has 23 heavy (non-hydrogen) atoms. The molecule has 2 amide bonds. The molecular weight excluding hydrogens is 290 g/mol. The zero-order valence-corrected chi connectivity index (χ0v) is 13.9. The van der Waals surface area contributed by atoms with Gasteiger partial charge in [0.1, 0.15) is 0 Å². The summed E-state index contributed by atoms with van der Waals surface area (Å²) in [6.45, 7) is 7.68. The van der Waals surface area contributed by atoms with Crippen LogP contribution in [-0.2, 0) is 4.79 Å². The van der Waals surface area contributed by atoms with Crippen LogP contribution in [0.3, 0.4) is 0 Å². The molecule has 1 aromatic carbocycles. The van der Waals surface area contributed by atoms with Gasteiger partial charge in [0.15, 0.2) is 0 Å². The van der Waals surface area contributed by atoms with Gasteiger partial charge in [-0.15, -0.1) is 0 Å². The molecule has 5 nitrogen and oxygen atoms in total. The maximum absolute atomic E-state index is 12.1. The fourth-order valence-corrected chi connectivity index (χ4v) is 2.43. The number of benzene rings is 1. The Morgan fingerprint density at radius 2 is 1.70 bits per heavy atom. The maximum Gasteiger partial charge on any atom is 0.253 e. The first-order valence-electron chi connectivity index (χ1n) is 7.45. The lowest BCUT2D eigenvalue weighted by atomic mass is 10.1. The maximum atomic E-state index is 12.1. The van der Waals surface area contributed by atoms with Crippen molar-refractivity contribution >= 4 is 17.5 Å². The molecule has 2 N–H and O–H groups in total. The van der Waals surface area contributed by atoms with Crippen LogP contribution in [0.25, 0.3) is 0 Å². The Kier molecular flexibility index (Phi) is 5.11. The van der Waals surface area contributed by atoms with E-state index in [1.165, 1.54) is 6.20 Å². The highest BCUT2D eigenvalue weighted by molar-refractivity contribution is 5.99. The number of aryl methyl sites for hydroxylation is 4. The summed E-state index contributed by atoms with van der Waals surface area (Å²) in [5, 5.41) is 5.45. The fraction of sp³-hybridized carbons (Fsp3) is 0.278. The van der Waals surface area contributed by atoms with Crippen molar-refractivity contribution < 1.29 is 9.59 Å². The number of hydrogen-bond acceptors (Lipinski definition) is 3. The third kappa shape index (κ3) is 4.39. The quantitative estimate of drug-likeness (QED) is 0.912. The fourth-order valence-electron chi connectivity index (χ4n) is 2.43. The molecule has 1 aromatic heterocycles. The number of carbonyl (C=O) groups excluding carboxylic acids is 2. The van der Waals surface area contributed by atoms with Crippen LogP contribution in [0.15, 0.2) is 30.5 Å². The highest BCUT2D eigenvalue weighted by Gasteiger charge is 2.11. The molecule has 120 valence electrons. The van der Waals surface area contributed by atoms with E-state index in [0.717, 1.165) is 28.1 Å². The van der Waals surface area contributed by atoms with Gasteiger partial charge in [0.05, 0.1) is 12.1 Å². The number of pyridine rings is 1. The lowest BCUT2D eigenvalue weighted by Gasteiger charge is -2.13. The zero-order chi connectivity index (χ0) is 17.0. The second-order valence-corrected chi connectivity index (χ2v) is 5.69. The smallest absolute Gasteiger partial charge is 0.253 e. The molecule has 0 unspecified atom stereocenters. The normalized spacial score (nSPS) is 10.3. The highest BCUT2D eigenvalue weighted by atomic mass is 16.2. The Labute approximate surface area is 136 Å². The van der Waals surface area contributed by atoms with E-state index in [1.54, 1.807) is 12.1 Å². The predicted molar refractivity (Wildman–Crippen MR) is 90.6 cm³/mol. The average Bonchev–Trinajstić information content (AvgIpc) is 2.49. The Balaban J connectivity index is 1.95. The van der Waals surface area contributed by atoms with E-state index in [2.05, 4.69) is 15.6 Å². The van der Waals surface area contributed by atoms with Crippen molar-refractivity contribution in [3.63, 3.8) is 0 Å². The summed E-state index contributed by atoms with van der Waals surface area (Å²) in [7, 11) is 0. The van der Waals surface area contributed by atoms with Crippen molar-refractivity contribution in [1.29, 1.82) is 0 Å². The molecule has 0 bridgehead atoms. The molecular formula is C18H21N3O2. The van der Waals surface area contributed by atoms with Gasteiger partial charge in [-0.05, 0) is 51.0 Å². The van der Waals surface area contributed by atoms with Crippen molar-refractivity contribution in [3.8, 4) is 0 Å². The van der Waals surface area contributed by atoms with Gasteiger partial charge in [-0.3, -0.25) is 14.6 Å². The van der Waals surface area contributed by atoms with E-state index in [-0.39, 0.29) is 18.4 Å². The Bertz CT molecular complexity index is 713. The number of nitrogens with one attached hydrogen (secondary N) is 2. The van der Waals surface area contributed by atoms with Gasteiger partial charge in [0.25, 0.3) is 5.91 Å². The minimum Gasteiger partial charge on any atom is -0.343 e. The number of carbonyl (C=O) groups is 2. The standard InChI is InChI=1S/C18H21N3O2/c1-11-7-12(2)17(13(3)8-11)21-16(22)10-20-18(23)15-6-5-14(4)19-9-15/h5-9H,10H2,1-4H3,(H,20,23)(H,21,22). The number of aromatic nitrogens is 1. The van der Waals surface area contributed by atoms with Crippen LogP contribution in [0.2, 0.25) is 0 Å². The zero-order valence-electron chi connectivity index (χ0n) is 13.9. The average molecular weight is 311 g/mol. The van der Waals surface area contributed by atoms with Crippen molar-refractivity contribution in [2.45, 2.75) is 27.7 Å². The number of rotatable bonds is 4. The molecule has 0 aliphatic carbocycles. The lowest BCUT2D eigenvalue weighted by Crippen LogP contribution is -2.33. The van der Waals surface area contributed by atoms with Crippen LogP contribution < -0.4 is 10.6 Å². The van der Waals surface area contributed by atoms with Crippen molar-refractivity contribution in [2.24, 2.45) is 0 Å². The third-order valence-electron chi connectivity index (χ3n) is 3.52. The first-order chi connectivity index (χ1) is 10.9. The summed E-state index contributed by atoms with van der Waals surface area (Å²) >= 11 is 0. The molecule has 0 spiro atoms. The molecule has 0 aliphatic rings. The second-order valence-electron chi connectivity index (χ2n) is 5.69. The molecule has 2 rings (SSSR count). The van der Waals surface area contributed by atoms with Crippen LogP contribution in [0, 0.1) is 27.7 Å². The van der Waals surface area contributed by atoms with E-state index in [0.29, 0.717) is 5.56 Å². The minimum atomic E-state index is -0.315. The lowest BCUT2D eigenvalue weighted by molar-refractivity contribution is -0.115. The number of nitrogens with zero attached hydrogens (tertiary/aromatic N) is 1. The van der Waals surface area contributed by atoms with Gasteiger partial charge < -0.3 is 10.6 Å². The van der Waals surface area contributed by atoms with E-state index < -0.39 is 0 Å². The summed E-state index contributed by atoms with van der Waals surface area (Å²) in [6, 6.07) is 7.47. The van der Waals surface area contributed by atoms with E-state index >= 15 is 0 Å². The minimum absolute atomic E-state index is 0.0839. The molecule has 0 radical (unpaired) electrons. The summed E-state index contributed by atoms with van der Waals surface area (Å²) in [4.78, 5) is 28.1. The molecule has 2 aromatic rings. The van der Waals surface area contributed by atoms with E-state index in [4.69, 9.17) is 0 Å². The van der Waals surface area contributed by atoms with Crippen LogP contribution in [-0.4, -0.2) is 23.3 Å². The second kappa shape index (κ2) is 7.05. The Morgan fingerprint density at radius 1 is 1.04 bits per heavy atom. The monoisotopic (exact) mass is 311 g/mol. The topological polar surface area (TPSA) is 71.1 Å². The van der Waals surface area contributed by atoms with Crippen molar-refractivity contribution in [1.82, 2.24) is 10.3 Å². The molecule has 1 heterocycles. The summed E-state index contributed by atoms with van der Waals surface area (Å²) < 4.78 is 0. The van der Waals surface area contributed by atoms with Crippen LogP contribution in [0.4, 0.5) is 5.69 Å². The van der Waals surface area contributed by atoms with Gasteiger partial charge in [-0.1, -0.05) is 17.7 Å². The molecule has 0 fully saturated rings. The SMILES string of the molecule is Cc1cc(C)c(NC(=O)CNC(=O)c2ccc(C)nc2)c(C)c1. The first-order valence-corrected chi connectivity index (χ1v) is 7.45. The number of amides is 2. The van der Waals surface area contributed by atoms with E-state index in [1.807, 2.05) is 39.8 Å². The number of hydrogen-bond donors (Lipinski definition) is 2. The van der Waals surface area contributed by atoms with Gasteiger partial charge in [0.2, 0.25) is 5.91 Å². The first kappa shape index (κ1) is 16.7. The van der Waals surface area contributed by atoms with Gasteiger partial charge in [-0.25, -0.2) is 0 Å². The molecule has 5 heteroatoms. The third-order valence-corrected chi connectivity index (χ3v) is 3.52. The van der Waals surface area contributed by atoms with Crippen LogP contribution in [0.1, 0.15) is 32.7 Å². The summed E-state index contributed by atoms with van der Waals surface area (Å²) in [5.74, 6) is -0.571. The van der Waals surface area contributed by atoms with Crippen molar-refractivity contribution in [3.05, 3.63) is 58.4 Å². The van der Waals surface area contributed by atoms with Gasteiger partial charge in [0, 0.05) is 17.6 Å². The van der Waals surface area contributed by atoms with Gasteiger partial charge in [-0.2, -0.15) is 0 Å². The van der Waals surface area contributed by atoms with Crippen LogP contribution >= 0.6 is 0 Å². The van der Waals surface area contributed by atoms with Crippen molar-refractivity contribution in [2.75, 3.05) is 11.9 Å². The molecule has 0 atom stereocenters.